The van der Waals surface area contributed by atoms with Crippen LogP contribution in [-0.4, -0.2) is 262 Å². The van der Waals surface area contributed by atoms with Gasteiger partial charge in [-0.25, -0.2) is 0 Å². The van der Waals surface area contributed by atoms with Gasteiger partial charge in [-0.3, -0.25) is 52.7 Å². The predicted octanol–water partition coefficient (Wildman–Crippen LogP) is 3.52. The van der Waals surface area contributed by atoms with Crippen molar-refractivity contribution in [2.45, 2.75) is 241 Å². The van der Waals surface area contributed by atoms with Crippen LogP contribution in [0.2, 0.25) is 0 Å². The first-order valence-corrected chi connectivity index (χ1v) is 34.3. The second kappa shape index (κ2) is 39.2. The van der Waals surface area contributed by atoms with E-state index in [9.17, 15) is 34.2 Å². The van der Waals surface area contributed by atoms with E-state index in [1.807, 2.05) is 41.5 Å². The Morgan fingerprint density at radius 3 is 1.44 bits per heavy atom. The van der Waals surface area contributed by atoms with Crippen molar-refractivity contribution in [3.8, 4) is 0 Å². The molecule has 534 valence electrons. The Morgan fingerprint density at radius 1 is 0.527 bits per heavy atom. The third-order valence-electron chi connectivity index (χ3n) is 17.3. The fourth-order valence-corrected chi connectivity index (χ4v) is 12.6. The third kappa shape index (κ3) is 25.0. The monoisotopic (exact) mass is 1340 g/mol. The minimum Gasteiger partial charge on any atom is -0.390 e. The van der Waals surface area contributed by atoms with Gasteiger partial charge in [0, 0.05) is 75.2 Å². The molecule has 0 spiro atoms. The van der Waals surface area contributed by atoms with Gasteiger partial charge < -0.3 is 70.5 Å². The molecular formula is C67H121N11O14S. The lowest BCUT2D eigenvalue weighted by molar-refractivity contribution is -0.157. The smallest absolute Gasteiger partial charge is 0.246 e. The zero-order chi connectivity index (χ0) is 72.0. The number of thioether (sulfide) groups is 1. The summed E-state index contributed by atoms with van der Waals surface area (Å²) in [6.07, 6.45) is 2.90. The van der Waals surface area contributed by atoms with E-state index in [0.29, 0.717) is 18.8 Å². The first kappa shape index (κ1) is 85.2. The number of likely N-dealkylation sites (N-methyl/N-ethyl adjacent to an activating group) is 7. The minimum absolute atomic E-state index is 0.00752. The summed E-state index contributed by atoms with van der Waals surface area (Å²) in [5.41, 5.74) is -1.59. The molecular weight excluding hydrogens is 1210 g/mol. The van der Waals surface area contributed by atoms with Crippen molar-refractivity contribution in [3.05, 3.63) is 12.2 Å². The number of amides is 11. The highest BCUT2D eigenvalue weighted by Gasteiger charge is 2.47. The normalized spacial score (nSPS) is 26.6. The Bertz CT molecular complexity index is 2530. The first-order chi connectivity index (χ1) is 43.0. The Balaban J connectivity index is 4.56. The number of nitrogens with one attached hydrogen (secondary N) is 4. The van der Waals surface area contributed by atoms with E-state index in [-0.39, 0.29) is 62.0 Å². The molecule has 25 nitrogen and oxygen atoms in total. The van der Waals surface area contributed by atoms with E-state index >= 15 is 28.8 Å². The van der Waals surface area contributed by atoms with Gasteiger partial charge in [-0.15, -0.1) is 0 Å². The maximum absolute atomic E-state index is 15.3. The molecule has 26 heteroatoms. The molecule has 93 heavy (non-hydrogen) atoms. The minimum atomic E-state index is -1.66. The van der Waals surface area contributed by atoms with Crippen molar-refractivity contribution in [1.29, 1.82) is 0 Å². The van der Waals surface area contributed by atoms with Crippen LogP contribution in [0.25, 0.3) is 0 Å². The van der Waals surface area contributed by atoms with Gasteiger partial charge in [0.15, 0.2) is 0 Å². The summed E-state index contributed by atoms with van der Waals surface area (Å²) in [6, 6.07) is -14.4. The molecule has 0 bridgehead atoms. The average molecular weight is 1340 g/mol. The number of allylic oxidation sites excluding steroid dienone is 2. The maximum Gasteiger partial charge on any atom is 0.246 e. The lowest BCUT2D eigenvalue weighted by Crippen LogP contribution is -2.64. The molecule has 1 saturated heterocycles. The molecule has 13 atom stereocenters. The van der Waals surface area contributed by atoms with E-state index in [2.05, 4.69) is 21.3 Å². The van der Waals surface area contributed by atoms with Gasteiger partial charge in [0.05, 0.1) is 11.7 Å². The molecule has 1 fully saturated rings. The molecule has 0 aromatic rings. The number of hydrogen-bond acceptors (Lipinski definition) is 15. The highest BCUT2D eigenvalue weighted by Crippen LogP contribution is 2.27. The fourth-order valence-electron chi connectivity index (χ4n) is 11.5. The molecule has 0 aromatic heterocycles. The zero-order valence-electron chi connectivity index (χ0n) is 61.0. The molecule has 0 saturated carbocycles. The fraction of sp³-hybridized carbons (Fsp3) is 0.806. The van der Waals surface area contributed by atoms with Gasteiger partial charge in [0.1, 0.15) is 66.5 Å². The Morgan fingerprint density at radius 2 is 0.968 bits per heavy atom. The summed E-state index contributed by atoms with van der Waals surface area (Å²) in [7, 11) is 11.4. The molecule has 0 radical (unpaired) electrons. The number of methoxy groups -OCH3 is 1. The molecule has 6 N–H and O–H groups in total. The van der Waals surface area contributed by atoms with Gasteiger partial charge in [-0.05, 0) is 114 Å². The van der Waals surface area contributed by atoms with E-state index < -0.39 is 161 Å². The largest absolute Gasteiger partial charge is 0.390 e. The van der Waals surface area contributed by atoms with Gasteiger partial charge in [-0.1, -0.05) is 95.2 Å². The van der Waals surface area contributed by atoms with Crippen molar-refractivity contribution in [2.24, 2.45) is 35.5 Å². The molecule has 11 amide bonds. The third-order valence-corrected chi connectivity index (χ3v) is 18.4. The lowest BCUT2D eigenvalue weighted by Gasteiger charge is -2.41. The molecule has 1 aliphatic rings. The molecule has 0 unspecified atom stereocenters. The Labute approximate surface area is 560 Å². The summed E-state index contributed by atoms with van der Waals surface area (Å²) in [5, 5.41) is 34.6. The number of rotatable bonds is 21. The van der Waals surface area contributed by atoms with Crippen LogP contribution in [0.15, 0.2) is 12.2 Å². The SMILES string of the molecule is CC=CC[C@@H](C)[C@@H](O)[C@H]1C(=O)N[C@@H](CC)C(=O)N(C)[C@H](CSCCCOC)C(=O)N(C)[C@@H](CC(C)(C)O)C(=O)N[C@@H](C(C)C)C(=O)N(C)[C@@H](CC(C)C)C(=O)N[C@@H](C)C(=O)N[C@H](C)C(=O)N(C)[C@@H](CC(C)C)C(=O)N(C)[C@@H](CC(C)C)C(=O)N(C)[C@@H](C(C)C)C(=O)N1C. The maximum atomic E-state index is 15.3. The topological polar surface area (TPSA) is 308 Å². The predicted molar refractivity (Wildman–Crippen MR) is 363 cm³/mol. The Hall–Kier alpha value is -5.86. The van der Waals surface area contributed by atoms with Crippen molar-refractivity contribution in [3.63, 3.8) is 0 Å². The highest BCUT2D eigenvalue weighted by atomic mass is 32.2. The first-order valence-electron chi connectivity index (χ1n) is 33.1. The van der Waals surface area contributed by atoms with Crippen LogP contribution < -0.4 is 21.3 Å². The summed E-state index contributed by atoms with van der Waals surface area (Å²) in [6.45, 7) is 29.3. The van der Waals surface area contributed by atoms with Crippen LogP contribution in [-0.2, 0) is 57.5 Å². The molecule has 0 aromatic carbocycles. The number of carbonyl (C=O) groups excluding carboxylic acids is 11. The second-order valence-electron chi connectivity index (χ2n) is 28.1. The van der Waals surface area contributed by atoms with Gasteiger partial charge >= 0.3 is 0 Å². The summed E-state index contributed by atoms with van der Waals surface area (Å²) >= 11 is 1.34. The number of hydrogen-bond donors (Lipinski definition) is 6. The number of carbonyl (C=O) groups is 11. The van der Waals surface area contributed by atoms with Gasteiger partial charge in [0.2, 0.25) is 65.0 Å². The highest BCUT2D eigenvalue weighted by molar-refractivity contribution is 7.99. The number of aliphatic hydroxyl groups excluding tert-OH is 1. The van der Waals surface area contributed by atoms with Crippen molar-refractivity contribution >= 4 is 76.7 Å². The number of nitrogens with zero attached hydrogens (tertiary/aromatic N) is 7. The van der Waals surface area contributed by atoms with Crippen LogP contribution in [0, 0.1) is 35.5 Å². The summed E-state index contributed by atoms with van der Waals surface area (Å²) in [4.78, 5) is 172. The zero-order valence-corrected chi connectivity index (χ0v) is 61.8. The molecule has 0 aliphatic carbocycles. The van der Waals surface area contributed by atoms with E-state index in [0.717, 1.165) is 9.80 Å². The van der Waals surface area contributed by atoms with Crippen LogP contribution >= 0.6 is 11.8 Å². The van der Waals surface area contributed by atoms with Crippen LogP contribution in [0.5, 0.6) is 0 Å². The van der Waals surface area contributed by atoms with Gasteiger partial charge in [-0.2, -0.15) is 11.8 Å². The van der Waals surface area contributed by atoms with Crippen LogP contribution in [0.4, 0.5) is 0 Å². The molecule has 1 aliphatic heterocycles. The van der Waals surface area contributed by atoms with E-state index in [1.165, 1.54) is 113 Å². The summed E-state index contributed by atoms with van der Waals surface area (Å²) < 4.78 is 5.26. The quantitative estimate of drug-likeness (QED) is 0.0708. The van der Waals surface area contributed by atoms with Crippen molar-refractivity contribution in [1.82, 2.24) is 55.6 Å². The number of ether oxygens (including phenoxy) is 1. The summed E-state index contributed by atoms with van der Waals surface area (Å²) in [5.74, 6) is -9.87. The van der Waals surface area contributed by atoms with Crippen molar-refractivity contribution < 1.29 is 67.7 Å². The van der Waals surface area contributed by atoms with E-state index in [1.54, 1.807) is 67.7 Å². The van der Waals surface area contributed by atoms with Crippen molar-refractivity contribution in [2.75, 3.05) is 74.6 Å². The molecule has 1 rings (SSSR count). The lowest BCUT2D eigenvalue weighted by atomic mass is 9.91. The number of aliphatic hydroxyl groups is 2. The van der Waals surface area contributed by atoms with Crippen LogP contribution in [0.1, 0.15) is 163 Å². The van der Waals surface area contributed by atoms with Crippen LogP contribution in [0.3, 0.4) is 0 Å². The van der Waals surface area contributed by atoms with E-state index in [4.69, 9.17) is 4.74 Å². The van der Waals surface area contributed by atoms with Gasteiger partial charge in [0.25, 0.3) is 0 Å². The Kier molecular flexibility index (Phi) is 35.9. The standard InChI is InChI=1S/C67H121N11O14S/c1-26-28-30-43(13)55(79)54-59(83)70-46(27-2)61(85)76(22)51(37-93-32-29-31-92-25)64(88)75(21)50(36-67(16,17)91)58(82)71-52(41(9)10)65(89)72(18)47(33-38(3)4)57(81)68-44(14)56(80)69-45(15)60(84)73(19)48(34-39(5)6)62(86)74(20)49(35-40(7)8)63(87)77(23)53(42(11)12)66(90)78(54)24/h26,28,38-55,79,91H,27,29-37H2,1-25H3,(H,68,81)(H,69,80)(H,70,83)(H,71,82)/t43-,44+,45-,46+,47+,48+,49+,50+,51-,52+,53+,54+,55-/m1/s1. The second-order valence-corrected chi connectivity index (χ2v) is 29.3. The average Bonchev–Trinajstić information content (AvgIpc) is 0.853. The molecule has 1 heterocycles.